The van der Waals surface area contributed by atoms with Gasteiger partial charge in [-0.25, -0.2) is 13.6 Å². The minimum absolute atomic E-state index is 0.0149. The van der Waals surface area contributed by atoms with E-state index >= 15 is 0 Å². The third-order valence-corrected chi connectivity index (χ3v) is 4.62. The number of rotatable bonds is 4. The second-order valence-electron chi connectivity index (χ2n) is 6.15. The van der Waals surface area contributed by atoms with Crippen molar-refractivity contribution in [1.82, 2.24) is 4.90 Å². The van der Waals surface area contributed by atoms with Crippen molar-refractivity contribution >= 4 is 23.3 Å². The summed E-state index contributed by atoms with van der Waals surface area (Å²) in [5.74, 6) is -0.806. The van der Waals surface area contributed by atoms with Crippen molar-refractivity contribution in [2.45, 2.75) is 25.6 Å². The number of likely N-dealkylation sites (tertiary alicyclic amines) is 1. The molecule has 0 aliphatic carbocycles. The fourth-order valence-electron chi connectivity index (χ4n) is 2.83. The van der Waals surface area contributed by atoms with Gasteiger partial charge < -0.3 is 15.0 Å². The van der Waals surface area contributed by atoms with Crippen molar-refractivity contribution in [3.05, 3.63) is 64.7 Å². The Morgan fingerprint density at radius 2 is 1.88 bits per heavy atom. The summed E-state index contributed by atoms with van der Waals surface area (Å²) >= 11 is 5.72. The molecular weight excluding hydrogens is 362 g/mol. The average molecular weight is 381 g/mol. The molecular formula is C19H19ClF2N2O2. The molecule has 4 nitrogen and oxygen atoms in total. The first-order chi connectivity index (χ1) is 12.5. The summed E-state index contributed by atoms with van der Waals surface area (Å²) < 4.78 is 32.5. The predicted octanol–water partition coefficient (Wildman–Crippen LogP) is 4.83. The number of anilines is 1. The summed E-state index contributed by atoms with van der Waals surface area (Å²) in [6.07, 6.45) is 1.33. The molecule has 0 saturated carbocycles. The number of halogens is 3. The van der Waals surface area contributed by atoms with Crippen LogP contribution in [0.4, 0.5) is 19.3 Å². The molecule has 0 spiro atoms. The van der Waals surface area contributed by atoms with Crippen LogP contribution in [0.3, 0.4) is 0 Å². The molecule has 1 aliphatic rings. The molecule has 26 heavy (non-hydrogen) atoms. The van der Waals surface area contributed by atoms with Crippen LogP contribution in [0.15, 0.2) is 42.5 Å². The third-order valence-electron chi connectivity index (χ3n) is 4.33. The molecule has 0 radical (unpaired) electrons. The highest BCUT2D eigenvalue weighted by Gasteiger charge is 2.23. The average Bonchev–Trinajstić information content (AvgIpc) is 2.64. The van der Waals surface area contributed by atoms with E-state index in [1.807, 2.05) is 0 Å². The Kier molecular flexibility index (Phi) is 6.06. The van der Waals surface area contributed by atoms with Crippen LogP contribution in [0.1, 0.15) is 18.4 Å². The fourth-order valence-corrected chi connectivity index (χ4v) is 3.01. The Labute approximate surface area is 155 Å². The molecule has 138 valence electrons. The van der Waals surface area contributed by atoms with Crippen LogP contribution in [-0.4, -0.2) is 30.1 Å². The van der Waals surface area contributed by atoms with E-state index in [0.29, 0.717) is 37.2 Å². The topological polar surface area (TPSA) is 41.6 Å². The SMILES string of the molecule is O=C(Nc1ccc(F)c(Cl)c1)N1CCC(OCc2ccccc2F)CC1. The van der Waals surface area contributed by atoms with Crippen molar-refractivity contribution in [3.63, 3.8) is 0 Å². The third kappa shape index (κ3) is 4.71. The van der Waals surface area contributed by atoms with E-state index in [-0.39, 0.29) is 29.6 Å². The lowest BCUT2D eigenvalue weighted by Crippen LogP contribution is -2.43. The zero-order valence-corrected chi connectivity index (χ0v) is 14.8. The van der Waals surface area contributed by atoms with Gasteiger partial charge in [0, 0.05) is 24.3 Å². The molecule has 1 N–H and O–H groups in total. The number of hydrogen-bond donors (Lipinski definition) is 1. The van der Waals surface area contributed by atoms with Crippen LogP contribution in [0.25, 0.3) is 0 Å². The van der Waals surface area contributed by atoms with E-state index in [0.717, 1.165) is 0 Å². The van der Waals surface area contributed by atoms with Crippen LogP contribution < -0.4 is 5.32 Å². The number of piperidine rings is 1. The number of amides is 2. The smallest absolute Gasteiger partial charge is 0.321 e. The molecule has 1 fully saturated rings. The lowest BCUT2D eigenvalue weighted by molar-refractivity contribution is 0.00430. The standard InChI is InChI=1S/C19H19ClF2N2O2/c20-16-11-14(5-6-18(16)22)23-19(25)24-9-7-15(8-10-24)26-12-13-3-1-2-4-17(13)21/h1-6,11,15H,7-10,12H2,(H,23,25). The van der Waals surface area contributed by atoms with Crippen molar-refractivity contribution in [2.75, 3.05) is 18.4 Å². The monoisotopic (exact) mass is 380 g/mol. The number of nitrogens with zero attached hydrogens (tertiary/aromatic N) is 1. The second kappa shape index (κ2) is 8.47. The highest BCUT2D eigenvalue weighted by molar-refractivity contribution is 6.31. The highest BCUT2D eigenvalue weighted by Crippen LogP contribution is 2.21. The molecule has 2 aromatic carbocycles. The quantitative estimate of drug-likeness (QED) is 0.825. The van der Waals surface area contributed by atoms with E-state index in [9.17, 15) is 13.6 Å². The van der Waals surface area contributed by atoms with Gasteiger partial charge in [0.2, 0.25) is 0 Å². The largest absolute Gasteiger partial charge is 0.373 e. The summed E-state index contributed by atoms with van der Waals surface area (Å²) in [4.78, 5) is 13.9. The highest BCUT2D eigenvalue weighted by atomic mass is 35.5. The molecule has 0 atom stereocenters. The Morgan fingerprint density at radius 1 is 1.15 bits per heavy atom. The zero-order valence-electron chi connectivity index (χ0n) is 14.1. The van der Waals surface area contributed by atoms with Gasteiger partial charge in [0.1, 0.15) is 11.6 Å². The first-order valence-corrected chi connectivity index (χ1v) is 8.76. The summed E-state index contributed by atoms with van der Waals surface area (Å²) in [5.41, 5.74) is 0.972. The number of benzene rings is 2. The number of urea groups is 1. The number of ether oxygens (including phenoxy) is 1. The first kappa shape index (κ1) is 18.6. The van der Waals surface area contributed by atoms with Gasteiger partial charge in [0.25, 0.3) is 0 Å². The minimum Gasteiger partial charge on any atom is -0.373 e. The predicted molar refractivity (Wildman–Crippen MR) is 96.2 cm³/mol. The van der Waals surface area contributed by atoms with Crippen LogP contribution in [0.5, 0.6) is 0 Å². The molecule has 0 bridgehead atoms. The maximum Gasteiger partial charge on any atom is 0.321 e. The first-order valence-electron chi connectivity index (χ1n) is 8.39. The van der Waals surface area contributed by atoms with Crippen molar-refractivity contribution in [2.24, 2.45) is 0 Å². The second-order valence-corrected chi connectivity index (χ2v) is 6.56. The van der Waals surface area contributed by atoms with Gasteiger partial charge in [0.05, 0.1) is 17.7 Å². The summed E-state index contributed by atoms with van der Waals surface area (Å²) in [5, 5.41) is 2.67. The van der Waals surface area contributed by atoms with Gasteiger partial charge in [-0.2, -0.15) is 0 Å². The summed E-state index contributed by atoms with van der Waals surface area (Å²) in [7, 11) is 0. The van der Waals surface area contributed by atoms with Crippen LogP contribution in [-0.2, 0) is 11.3 Å². The van der Waals surface area contributed by atoms with Gasteiger partial charge in [-0.3, -0.25) is 0 Å². The van der Waals surface area contributed by atoms with Gasteiger partial charge in [-0.05, 0) is 37.1 Å². The lowest BCUT2D eigenvalue weighted by atomic mass is 10.1. The normalized spacial score (nSPS) is 15.1. The Morgan fingerprint density at radius 3 is 2.58 bits per heavy atom. The molecule has 2 aromatic rings. The van der Waals surface area contributed by atoms with E-state index in [1.54, 1.807) is 23.1 Å². The molecule has 1 heterocycles. The fraction of sp³-hybridized carbons (Fsp3) is 0.316. The van der Waals surface area contributed by atoms with E-state index in [4.69, 9.17) is 16.3 Å². The Balaban J connectivity index is 1.46. The molecule has 2 amide bonds. The summed E-state index contributed by atoms with van der Waals surface area (Å²) in [6, 6.07) is 10.3. The minimum atomic E-state index is -0.530. The van der Waals surface area contributed by atoms with Crippen molar-refractivity contribution < 1.29 is 18.3 Å². The molecule has 0 aromatic heterocycles. The molecule has 0 unspecified atom stereocenters. The zero-order chi connectivity index (χ0) is 18.5. The van der Waals surface area contributed by atoms with E-state index in [2.05, 4.69) is 5.32 Å². The Bertz CT molecular complexity index is 780. The number of nitrogens with one attached hydrogen (secondary N) is 1. The summed E-state index contributed by atoms with van der Waals surface area (Å²) in [6.45, 7) is 1.28. The maximum absolute atomic E-state index is 13.6. The molecule has 1 saturated heterocycles. The molecule has 1 aliphatic heterocycles. The number of carbonyl (C=O) groups is 1. The molecule has 3 rings (SSSR count). The van der Waals surface area contributed by atoms with Crippen LogP contribution in [0.2, 0.25) is 5.02 Å². The Hall–Kier alpha value is -2.18. The number of hydrogen-bond acceptors (Lipinski definition) is 2. The van der Waals surface area contributed by atoms with Crippen molar-refractivity contribution in [1.29, 1.82) is 0 Å². The van der Waals surface area contributed by atoms with Crippen LogP contribution >= 0.6 is 11.6 Å². The lowest BCUT2D eigenvalue weighted by Gasteiger charge is -2.32. The van der Waals surface area contributed by atoms with Gasteiger partial charge >= 0.3 is 6.03 Å². The van der Waals surface area contributed by atoms with Crippen molar-refractivity contribution in [3.8, 4) is 0 Å². The number of carbonyl (C=O) groups excluding carboxylic acids is 1. The molecule has 7 heteroatoms. The van der Waals surface area contributed by atoms with Gasteiger partial charge in [-0.1, -0.05) is 29.8 Å². The van der Waals surface area contributed by atoms with Gasteiger partial charge in [-0.15, -0.1) is 0 Å². The van der Waals surface area contributed by atoms with E-state index < -0.39 is 5.82 Å². The van der Waals surface area contributed by atoms with E-state index in [1.165, 1.54) is 24.3 Å². The van der Waals surface area contributed by atoms with Crippen LogP contribution in [0, 0.1) is 11.6 Å². The van der Waals surface area contributed by atoms with Gasteiger partial charge in [0.15, 0.2) is 0 Å². The maximum atomic E-state index is 13.6.